The number of hydrogen-bond acceptors (Lipinski definition) is 5. The zero-order valence-electron chi connectivity index (χ0n) is 14.0. The molecule has 0 saturated carbocycles. The summed E-state index contributed by atoms with van der Waals surface area (Å²) < 4.78 is 4.58. The zero-order valence-corrected chi connectivity index (χ0v) is 14.8. The summed E-state index contributed by atoms with van der Waals surface area (Å²) >= 11 is 1.52. The Morgan fingerprint density at radius 1 is 1.23 bits per heavy atom. The highest BCUT2D eigenvalue weighted by atomic mass is 32.1. The molecule has 1 aliphatic heterocycles. The molecule has 4 nitrogen and oxygen atoms in total. The molecule has 0 radical (unpaired) electrons. The monoisotopic (exact) mass is 316 g/mol. The summed E-state index contributed by atoms with van der Waals surface area (Å²) in [6, 6.07) is 9.03. The van der Waals surface area contributed by atoms with Crippen molar-refractivity contribution in [1.82, 2.24) is 9.36 Å². The van der Waals surface area contributed by atoms with Crippen molar-refractivity contribution in [3.05, 3.63) is 35.7 Å². The van der Waals surface area contributed by atoms with Gasteiger partial charge in [0.05, 0.1) is 0 Å². The molecule has 0 N–H and O–H groups in total. The Morgan fingerprint density at radius 2 is 1.95 bits per heavy atom. The highest BCUT2D eigenvalue weighted by Crippen LogP contribution is 2.32. The van der Waals surface area contributed by atoms with Crippen molar-refractivity contribution in [3.63, 3.8) is 0 Å². The van der Waals surface area contributed by atoms with Gasteiger partial charge < -0.3 is 9.80 Å². The van der Waals surface area contributed by atoms with Crippen LogP contribution in [0.1, 0.15) is 39.1 Å². The number of fused-ring (bicyclic) bond motifs is 1. The van der Waals surface area contributed by atoms with E-state index in [1.165, 1.54) is 22.8 Å². The van der Waals surface area contributed by atoms with E-state index < -0.39 is 0 Å². The van der Waals surface area contributed by atoms with Crippen LogP contribution in [-0.2, 0) is 12.0 Å². The van der Waals surface area contributed by atoms with Gasteiger partial charge in [-0.1, -0.05) is 39.0 Å². The first-order valence-corrected chi connectivity index (χ1v) is 8.53. The van der Waals surface area contributed by atoms with E-state index in [4.69, 9.17) is 4.98 Å². The van der Waals surface area contributed by atoms with E-state index >= 15 is 0 Å². The molecule has 1 aliphatic rings. The van der Waals surface area contributed by atoms with Crippen LogP contribution >= 0.6 is 11.5 Å². The SMILES string of the molecule is CC1CN(C)c2ccccc2CN1c1nc(C(C)(C)C)ns1. The van der Waals surface area contributed by atoms with Gasteiger partial charge in [-0.05, 0) is 18.6 Å². The molecule has 0 spiro atoms. The van der Waals surface area contributed by atoms with Crippen molar-refractivity contribution >= 4 is 22.4 Å². The normalized spacial score (nSPS) is 19.0. The largest absolute Gasteiger partial charge is 0.372 e. The highest BCUT2D eigenvalue weighted by molar-refractivity contribution is 7.09. The summed E-state index contributed by atoms with van der Waals surface area (Å²) in [4.78, 5) is 9.53. The molecule has 2 heterocycles. The van der Waals surface area contributed by atoms with E-state index in [0.717, 1.165) is 24.0 Å². The van der Waals surface area contributed by atoms with Gasteiger partial charge in [0, 0.05) is 48.8 Å². The van der Waals surface area contributed by atoms with Crippen molar-refractivity contribution in [2.24, 2.45) is 0 Å². The fourth-order valence-electron chi connectivity index (χ4n) is 2.84. The number of likely N-dealkylation sites (N-methyl/N-ethyl adjacent to an activating group) is 1. The van der Waals surface area contributed by atoms with Gasteiger partial charge >= 0.3 is 0 Å². The van der Waals surface area contributed by atoms with E-state index in [-0.39, 0.29) is 5.41 Å². The quantitative estimate of drug-likeness (QED) is 0.803. The smallest absolute Gasteiger partial charge is 0.205 e. The third kappa shape index (κ3) is 2.82. The standard InChI is InChI=1S/C17H24N4S/c1-12-10-20(5)14-9-7-6-8-13(14)11-21(12)16-18-15(19-22-16)17(2,3)4/h6-9,12H,10-11H2,1-5H3. The van der Waals surface area contributed by atoms with E-state index in [2.05, 4.69) is 73.2 Å². The second-order valence-corrected chi connectivity index (χ2v) is 7.87. The van der Waals surface area contributed by atoms with Crippen LogP contribution in [0.4, 0.5) is 10.8 Å². The molecule has 0 aliphatic carbocycles. The maximum Gasteiger partial charge on any atom is 0.205 e. The number of hydrogen-bond donors (Lipinski definition) is 0. The fourth-order valence-corrected chi connectivity index (χ4v) is 3.80. The average molecular weight is 316 g/mol. The van der Waals surface area contributed by atoms with Gasteiger partial charge in [-0.15, -0.1) is 0 Å². The lowest BCUT2D eigenvalue weighted by atomic mass is 9.96. The van der Waals surface area contributed by atoms with E-state index in [1.807, 2.05) is 0 Å². The van der Waals surface area contributed by atoms with E-state index in [1.54, 1.807) is 0 Å². The van der Waals surface area contributed by atoms with Crippen LogP contribution in [0.3, 0.4) is 0 Å². The first-order valence-electron chi connectivity index (χ1n) is 7.76. The van der Waals surface area contributed by atoms with Crippen LogP contribution in [-0.4, -0.2) is 29.0 Å². The van der Waals surface area contributed by atoms with Crippen molar-refractivity contribution < 1.29 is 0 Å². The zero-order chi connectivity index (χ0) is 15.9. The predicted octanol–water partition coefficient (Wildman–Crippen LogP) is 3.68. The summed E-state index contributed by atoms with van der Waals surface area (Å²) in [5, 5.41) is 1.03. The molecule has 2 aromatic rings. The molecule has 0 amide bonds. The topological polar surface area (TPSA) is 32.3 Å². The number of benzene rings is 1. The first-order chi connectivity index (χ1) is 10.4. The fraction of sp³-hybridized carbons (Fsp3) is 0.529. The second-order valence-electron chi connectivity index (χ2n) is 7.14. The predicted molar refractivity (Wildman–Crippen MR) is 94.0 cm³/mol. The van der Waals surface area contributed by atoms with Crippen LogP contribution in [0.25, 0.3) is 0 Å². The number of rotatable bonds is 1. The Labute approximate surface area is 137 Å². The summed E-state index contributed by atoms with van der Waals surface area (Å²) in [6.07, 6.45) is 0. The Balaban J connectivity index is 1.95. The van der Waals surface area contributed by atoms with Crippen LogP contribution in [0.15, 0.2) is 24.3 Å². The lowest BCUT2D eigenvalue weighted by molar-refractivity contribution is 0.552. The van der Waals surface area contributed by atoms with Crippen LogP contribution in [0.2, 0.25) is 0 Å². The third-order valence-corrected chi connectivity index (χ3v) is 4.90. The molecule has 0 fully saturated rings. The maximum atomic E-state index is 4.81. The van der Waals surface area contributed by atoms with E-state index in [9.17, 15) is 0 Å². The lowest BCUT2D eigenvalue weighted by Crippen LogP contribution is -2.38. The first kappa shape index (κ1) is 15.3. The third-order valence-electron chi connectivity index (χ3n) is 4.15. The van der Waals surface area contributed by atoms with Gasteiger partial charge in [0.2, 0.25) is 5.13 Å². The molecule has 3 rings (SSSR count). The summed E-state index contributed by atoms with van der Waals surface area (Å²) in [6.45, 7) is 10.6. The second kappa shape index (κ2) is 5.54. The molecule has 1 aromatic carbocycles. The van der Waals surface area contributed by atoms with Crippen LogP contribution < -0.4 is 9.80 Å². The minimum absolute atomic E-state index is 0.00145. The Hall–Kier alpha value is -1.62. The Kier molecular flexibility index (Phi) is 3.85. The van der Waals surface area contributed by atoms with Gasteiger partial charge in [0.25, 0.3) is 0 Å². The number of anilines is 2. The molecule has 1 atom stereocenters. The number of para-hydroxylation sites is 1. The summed E-state index contributed by atoms with van der Waals surface area (Å²) in [7, 11) is 2.17. The summed E-state index contributed by atoms with van der Waals surface area (Å²) in [5.41, 5.74) is 2.66. The molecular formula is C17H24N4S. The van der Waals surface area contributed by atoms with Gasteiger partial charge in [-0.3, -0.25) is 0 Å². The van der Waals surface area contributed by atoms with Gasteiger partial charge in [0.15, 0.2) is 0 Å². The van der Waals surface area contributed by atoms with Gasteiger partial charge in [0.1, 0.15) is 5.82 Å². The maximum absolute atomic E-state index is 4.81. The minimum atomic E-state index is -0.00145. The molecule has 22 heavy (non-hydrogen) atoms. The van der Waals surface area contributed by atoms with E-state index in [0.29, 0.717) is 6.04 Å². The highest BCUT2D eigenvalue weighted by Gasteiger charge is 2.27. The van der Waals surface area contributed by atoms with Crippen molar-refractivity contribution in [1.29, 1.82) is 0 Å². The molecule has 5 heteroatoms. The van der Waals surface area contributed by atoms with Crippen molar-refractivity contribution in [3.8, 4) is 0 Å². The van der Waals surface area contributed by atoms with Gasteiger partial charge in [-0.25, -0.2) is 4.98 Å². The number of aromatic nitrogens is 2. The van der Waals surface area contributed by atoms with Gasteiger partial charge in [-0.2, -0.15) is 4.37 Å². The molecule has 118 valence electrons. The molecule has 0 bridgehead atoms. The Morgan fingerprint density at radius 3 is 2.64 bits per heavy atom. The van der Waals surface area contributed by atoms with Crippen LogP contribution in [0.5, 0.6) is 0 Å². The molecule has 0 saturated heterocycles. The molecular weight excluding hydrogens is 292 g/mol. The lowest BCUT2D eigenvalue weighted by Gasteiger charge is -2.27. The minimum Gasteiger partial charge on any atom is -0.372 e. The Bertz CT molecular complexity index is 659. The summed E-state index contributed by atoms with van der Waals surface area (Å²) in [5.74, 6) is 0.936. The van der Waals surface area contributed by atoms with Crippen molar-refractivity contribution in [2.45, 2.75) is 45.7 Å². The average Bonchev–Trinajstić information content (AvgIpc) is 2.90. The van der Waals surface area contributed by atoms with Crippen molar-refractivity contribution in [2.75, 3.05) is 23.4 Å². The van der Waals surface area contributed by atoms with Crippen LogP contribution in [0, 0.1) is 0 Å². The molecule has 1 unspecified atom stereocenters. The number of nitrogens with zero attached hydrogens (tertiary/aromatic N) is 4. The molecule has 1 aromatic heterocycles.